The molecule has 42 heavy (non-hydrogen) atoms. The lowest BCUT2D eigenvalue weighted by Crippen LogP contribution is -2.52. The van der Waals surface area contributed by atoms with Crippen LogP contribution in [0.5, 0.6) is 11.5 Å². The van der Waals surface area contributed by atoms with E-state index in [0.29, 0.717) is 29.3 Å². The molecular formula is C31H38ClN3O6S. The maximum atomic E-state index is 14.2. The van der Waals surface area contributed by atoms with Crippen LogP contribution < -0.4 is 19.1 Å². The third-order valence-corrected chi connectivity index (χ3v) is 8.92. The number of nitrogens with one attached hydrogen (secondary N) is 1. The zero-order chi connectivity index (χ0) is 30.7. The van der Waals surface area contributed by atoms with Crippen LogP contribution in [0.15, 0.2) is 77.7 Å². The van der Waals surface area contributed by atoms with Crippen molar-refractivity contribution >= 4 is 39.1 Å². The monoisotopic (exact) mass is 615 g/mol. The summed E-state index contributed by atoms with van der Waals surface area (Å²) in [5.74, 6) is -0.300. The molecule has 0 saturated carbocycles. The SMILES string of the molecule is CCCCNC(=O)C(CC)N(Cc1ccccc1Cl)C(=O)CN(c1cc(OC)ccc1OC)S(=O)(=O)c1ccccc1. The molecule has 0 aliphatic heterocycles. The molecule has 0 heterocycles. The maximum absolute atomic E-state index is 14.2. The first-order valence-corrected chi connectivity index (χ1v) is 15.6. The average Bonchev–Trinajstić information content (AvgIpc) is 3.00. The van der Waals surface area contributed by atoms with Gasteiger partial charge in [-0.2, -0.15) is 0 Å². The van der Waals surface area contributed by atoms with E-state index in [9.17, 15) is 18.0 Å². The summed E-state index contributed by atoms with van der Waals surface area (Å²) in [5, 5.41) is 3.34. The fraction of sp³-hybridized carbons (Fsp3) is 0.355. The Hall–Kier alpha value is -3.76. The molecule has 9 nitrogen and oxygen atoms in total. The van der Waals surface area contributed by atoms with Crippen LogP contribution in [0, 0.1) is 0 Å². The Morgan fingerprint density at radius 2 is 1.64 bits per heavy atom. The molecule has 2 amide bonds. The van der Waals surface area contributed by atoms with Crippen molar-refractivity contribution in [2.75, 3.05) is 31.6 Å². The number of hydrogen-bond donors (Lipinski definition) is 1. The van der Waals surface area contributed by atoms with E-state index in [-0.39, 0.29) is 28.8 Å². The first-order chi connectivity index (χ1) is 20.2. The van der Waals surface area contributed by atoms with Crippen molar-refractivity contribution in [3.05, 3.63) is 83.4 Å². The van der Waals surface area contributed by atoms with Gasteiger partial charge in [-0.25, -0.2) is 8.42 Å². The predicted molar refractivity (Wildman–Crippen MR) is 165 cm³/mol. The van der Waals surface area contributed by atoms with Crippen molar-refractivity contribution in [3.63, 3.8) is 0 Å². The molecule has 226 valence electrons. The van der Waals surface area contributed by atoms with E-state index >= 15 is 0 Å². The zero-order valence-corrected chi connectivity index (χ0v) is 26.0. The second kappa shape index (κ2) is 15.5. The van der Waals surface area contributed by atoms with Gasteiger partial charge in [-0.1, -0.05) is 68.3 Å². The Morgan fingerprint density at radius 3 is 2.26 bits per heavy atom. The largest absolute Gasteiger partial charge is 0.497 e. The predicted octanol–water partition coefficient (Wildman–Crippen LogP) is 5.28. The number of hydrogen-bond acceptors (Lipinski definition) is 6. The van der Waals surface area contributed by atoms with Gasteiger partial charge in [0.05, 0.1) is 24.8 Å². The lowest BCUT2D eigenvalue weighted by molar-refractivity contribution is -0.140. The van der Waals surface area contributed by atoms with Gasteiger partial charge in [0.2, 0.25) is 11.8 Å². The van der Waals surface area contributed by atoms with Gasteiger partial charge in [-0.05, 0) is 48.7 Å². The molecule has 0 saturated heterocycles. The summed E-state index contributed by atoms with van der Waals surface area (Å²) in [6, 6.07) is 18.7. The molecule has 0 radical (unpaired) electrons. The smallest absolute Gasteiger partial charge is 0.264 e. The van der Waals surface area contributed by atoms with E-state index in [2.05, 4.69) is 5.32 Å². The molecule has 3 aromatic rings. The topological polar surface area (TPSA) is 105 Å². The van der Waals surface area contributed by atoms with E-state index < -0.39 is 28.5 Å². The van der Waals surface area contributed by atoms with Crippen LogP contribution in [0.25, 0.3) is 0 Å². The lowest BCUT2D eigenvalue weighted by Gasteiger charge is -2.33. The number of ether oxygens (including phenoxy) is 2. The molecule has 1 atom stereocenters. The van der Waals surface area contributed by atoms with Crippen LogP contribution in [0.2, 0.25) is 5.02 Å². The summed E-state index contributed by atoms with van der Waals surface area (Å²) >= 11 is 6.45. The molecule has 0 aromatic heterocycles. The zero-order valence-electron chi connectivity index (χ0n) is 24.4. The van der Waals surface area contributed by atoms with Crippen molar-refractivity contribution in [1.29, 1.82) is 0 Å². The van der Waals surface area contributed by atoms with Crippen molar-refractivity contribution < 1.29 is 27.5 Å². The number of sulfonamides is 1. The Morgan fingerprint density at radius 1 is 0.952 bits per heavy atom. The van der Waals surface area contributed by atoms with Gasteiger partial charge >= 0.3 is 0 Å². The second-order valence-corrected chi connectivity index (χ2v) is 11.8. The van der Waals surface area contributed by atoms with E-state index in [0.717, 1.165) is 17.1 Å². The average molecular weight is 616 g/mol. The van der Waals surface area contributed by atoms with E-state index in [1.54, 1.807) is 61.5 Å². The minimum Gasteiger partial charge on any atom is -0.497 e. The molecule has 3 aromatic carbocycles. The quantitative estimate of drug-likeness (QED) is 0.233. The summed E-state index contributed by atoms with van der Waals surface area (Å²) in [6.45, 7) is 3.69. The molecule has 1 N–H and O–H groups in total. The van der Waals surface area contributed by atoms with Crippen LogP contribution in [0.1, 0.15) is 38.7 Å². The summed E-state index contributed by atoms with van der Waals surface area (Å²) in [5.41, 5.74) is 0.746. The Bertz CT molecular complexity index is 1450. The highest BCUT2D eigenvalue weighted by Gasteiger charge is 2.35. The van der Waals surface area contributed by atoms with Crippen LogP contribution >= 0.6 is 11.6 Å². The third kappa shape index (κ3) is 7.95. The Kier molecular flexibility index (Phi) is 12.1. The number of nitrogens with zero attached hydrogens (tertiary/aromatic N) is 2. The number of methoxy groups -OCH3 is 2. The van der Waals surface area contributed by atoms with Crippen molar-refractivity contribution in [3.8, 4) is 11.5 Å². The van der Waals surface area contributed by atoms with E-state index in [4.69, 9.17) is 21.1 Å². The molecule has 1 unspecified atom stereocenters. The number of unbranched alkanes of at least 4 members (excludes halogenated alkanes) is 1. The lowest BCUT2D eigenvalue weighted by atomic mass is 10.1. The Labute approximate surface area is 253 Å². The standard InChI is InChI=1S/C31H38ClN3O6S/c1-5-7-19-33-31(37)27(6-2)34(21-23-13-11-12-16-26(23)32)30(36)22-35(42(38,39)25-14-9-8-10-15-25)28-20-24(40-3)17-18-29(28)41-4/h8-18,20,27H,5-7,19,21-22H2,1-4H3,(H,33,37). The normalized spacial score (nSPS) is 11.8. The van der Waals surface area contributed by atoms with Gasteiger partial charge in [0.25, 0.3) is 10.0 Å². The molecular weight excluding hydrogens is 578 g/mol. The second-order valence-electron chi connectivity index (χ2n) is 9.54. The molecule has 0 aliphatic rings. The molecule has 0 fully saturated rings. The minimum absolute atomic E-state index is 0.00663. The first-order valence-electron chi connectivity index (χ1n) is 13.8. The third-order valence-electron chi connectivity index (χ3n) is 6.78. The number of benzene rings is 3. The number of rotatable bonds is 15. The fourth-order valence-electron chi connectivity index (χ4n) is 4.46. The highest BCUT2D eigenvalue weighted by atomic mass is 35.5. The number of carbonyl (C=O) groups is 2. The number of halogens is 1. The van der Waals surface area contributed by atoms with Gasteiger partial charge in [0.15, 0.2) is 0 Å². The van der Waals surface area contributed by atoms with Gasteiger partial charge in [0, 0.05) is 24.2 Å². The molecule has 11 heteroatoms. The maximum Gasteiger partial charge on any atom is 0.264 e. The van der Waals surface area contributed by atoms with Crippen molar-refractivity contribution in [2.45, 2.75) is 50.6 Å². The summed E-state index contributed by atoms with van der Waals surface area (Å²) in [7, 11) is -1.39. The van der Waals surface area contributed by atoms with Gasteiger partial charge in [-0.15, -0.1) is 0 Å². The number of anilines is 1. The highest BCUT2D eigenvalue weighted by molar-refractivity contribution is 7.92. The van der Waals surface area contributed by atoms with E-state index in [1.807, 2.05) is 6.92 Å². The van der Waals surface area contributed by atoms with Crippen LogP contribution in [-0.2, 0) is 26.2 Å². The molecule has 0 aliphatic carbocycles. The Balaban J connectivity index is 2.12. The molecule has 0 spiro atoms. The van der Waals surface area contributed by atoms with E-state index in [1.165, 1.54) is 37.3 Å². The summed E-state index contributed by atoms with van der Waals surface area (Å²) in [4.78, 5) is 28.9. The molecule has 0 bridgehead atoms. The summed E-state index contributed by atoms with van der Waals surface area (Å²) in [6.07, 6.45) is 2.00. The van der Waals surface area contributed by atoms with Crippen molar-refractivity contribution in [2.24, 2.45) is 0 Å². The van der Waals surface area contributed by atoms with Gasteiger partial charge in [-0.3, -0.25) is 13.9 Å². The van der Waals surface area contributed by atoms with Crippen LogP contribution in [0.4, 0.5) is 5.69 Å². The van der Waals surface area contributed by atoms with Crippen LogP contribution in [-0.4, -0.2) is 58.5 Å². The van der Waals surface area contributed by atoms with Gasteiger partial charge in [0.1, 0.15) is 24.1 Å². The van der Waals surface area contributed by atoms with Crippen molar-refractivity contribution in [1.82, 2.24) is 10.2 Å². The van der Waals surface area contributed by atoms with Gasteiger partial charge < -0.3 is 19.7 Å². The first kappa shape index (κ1) is 32.8. The summed E-state index contributed by atoms with van der Waals surface area (Å²) < 4.78 is 40.0. The highest BCUT2D eigenvalue weighted by Crippen LogP contribution is 2.36. The van der Waals surface area contributed by atoms with Crippen LogP contribution in [0.3, 0.4) is 0 Å². The number of carbonyl (C=O) groups excluding carboxylic acids is 2. The minimum atomic E-state index is -4.27. The molecule has 3 rings (SSSR count). The fourth-order valence-corrected chi connectivity index (χ4v) is 6.09. The number of amides is 2.